The summed E-state index contributed by atoms with van der Waals surface area (Å²) >= 11 is 0. The van der Waals surface area contributed by atoms with Crippen molar-refractivity contribution in [3.05, 3.63) is 18.2 Å². The zero-order valence-electron chi connectivity index (χ0n) is 15.1. The Morgan fingerprint density at radius 2 is 1.88 bits per heavy atom. The molecular formula is C19H28N2O4. The van der Waals surface area contributed by atoms with Crippen LogP contribution in [0.3, 0.4) is 0 Å². The highest BCUT2D eigenvalue weighted by Crippen LogP contribution is 2.29. The fraction of sp³-hybridized carbons (Fsp3) is 0.632. The van der Waals surface area contributed by atoms with Gasteiger partial charge < -0.3 is 24.4 Å². The van der Waals surface area contributed by atoms with E-state index in [0.29, 0.717) is 12.5 Å². The van der Waals surface area contributed by atoms with Gasteiger partial charge in [-0.3, -0.25) is 4.79 Å². The third-order valence-electron chi connectivity index (χ3n) is 4.77. The van der Waals surface area contributed by atoms with E-state index in [0.717, 1.165) is 43.2 Å². The molecule has 25 heavy (non-hydrogen) atoms. The summed E-state index contributed by atoms with van der Waals surface area (Å²) in [6, 6.07) is 5.96. The van der Waals surface area contributed by atoms with Crippen molar-refractivity contribution in [1.82, 2.24) is 4.90 Å². The molecule has 1 saturated heterocycles. The highest BCUT2D eigenvalue weighted by molar-refractivity contribution is 5.77. The maximum absolute atomic E-state index is 12.3. The Bertz CT molecular complexity index is 567. The van der Waals surface area contributed by atoms with Crippen LogP contribution in [0.25, 0.3) is 0 Å². The minimum absolute atomic E-state index is 0.0929. The molecule has 1 aliphatic heterocycles. The van der Waals surface area contributed by atoms with Crippen molar-refractivity contribution in [3.8, 4) is 11.5 Å². The molecule has 1 aromatic rings. The highest BCUT2D eigenvalue weighted by atomic mass is 16.5. The number of ether oxygens (including phenoxy) is 3. The second-order valence-electron chi connectivity index (χ2n) is 6.88. The van der Waals surface area contributed by atoms with Crippen molar-refractivity contribution < 1.29 is 19.0 Å². The van der Waals surface area contributed by atoms with E-state index in [9.17, 15) is 4.79 Å². The summed E-state index contributed by atoms with van der Waals surface area (Å²) in [5.41, 5.74) is 0.945. The van der Waals surface area contributed by atoms with Crippen LogP contribution in [0.5, 0.6) is 11.5 Å². The number of amides is 1. The van der Waals surface area contributed by atoms with Gasteiger partial charge in [-0.05, 0) is 31.6 Å². The molecule has 6 heteroatoms. The summed E-state index contributed by atoms with van der Waals surface area (Å²) in [5, 5.41) is 3.50. The second kappa shape index (κ2) is 8.43. The van der Waals surface area contributed by atoms with E-state index in [1.165, 1.54) is 12.8 Å². The van der Waals surface area contributed by atoms with Crippen LogP contribution >= 0.6 is 0 Å². The lowest BCUT2D eigenvalue weighted by atomic mass is 10.1. The molecule has 1 aromatic carbocycles. The van der Waals surface area contributed by atoms with Crippen LogP contribution < -0.4 is 14.8 Å². The van der Waals surface area contributed by atoms with Gasteiger partial charge in [0.2, 0.25) is 5.91 Å². The Morgan fingerprint density at radius 1 is 1.16 bits per heavy atom. The van der Waals surface area contributed by atoms with Gasteiger partial charge in [-0.2, -0.15) is 0 Å². The molecule has 0 aromatic heterocycles. The third-order valence-corrected chi connectivity index (χ3v) is 4.77. The zero-order chi connectivity index (χ0) is 17.6. The third kappa shape index (κ3) is 5.26. The van der Waals surface area contributed by atoms with Gasteiger partial charge in [-0.1, -0.05) is 0 Å². The number of likely N-dealkylation sites (tertiary alicyclic amines) is 1. The largest absolute Gasteiger partial charge is 0.497 e. The van der Waals surface area contributed by atoms with Crippen molar-refractivity contribution in [2.45, 2.75) is 31.7 Å². The van der Waals surface area contributed by atoms with Crippen molar-refractivity contribution >= 4 is 11.6 Å². The molecule has 0 radical (unpaired) electrons. The smallest absolute Gasteiger partial charge is 0.248 e. The quantitative estimate of drug-likeness (QED) is 0.782. The molecule has 1 saturated carbocycles. The Morgan fingerprint density at radius 3 is 2.52 bits per heavy atom. The van der Waals surface area contributed by atoms with Gasteiger partial charge in [0.05, 0.1) is 20.8 Å². The average Bonchev–Trinajstić information content (AvgIpc) is 3.45. The number of benzene rings is 1. The number of rotatable bonds is 8. The van der Waals surface area contributed by atoms with Gasteiger partial charge in [-0.25, -0.2) is 0 Å². The van der Waals surface area contributed by atoms with E-state index < -0.39 is 0 Å². The number of carbonyl (C=O) groups excluding carboxylic acids is 1. The molecule has 2 aliphatic rings. The number of nitrogens with one attached hydrogen (secondary N) is 1. The van der Waals surface area contributed by atoms with E-state index >= 15 is 0 Å². The minimum Gasteiger partial charge on any atom is -0.497 e. The van der Waals surface area contributed by atoms with Crippen LogP contribution in [0.4, 0.5) is 5.69 Å². The molecule has 1 atom stereocenters. The van der Waals surface area contributed by atoms with Crippen LogP contribution in [-0.4, -0.2) is 57.4 Å². The number of piperidine rings is 1. The van der Waals surface area contributed by atoms with Gasteiger partial charge in [0.25, 0.3) is 0 Å². The lowest BCUT2D eigenvalue weighted by Gasteiger charge is -2.33. The first-order valence-corrected chi connectivity index (χ1v) is 9.03. The monoisotopic (exact) mass is 348 g/mol. The lowest BCUT2D eigenvalue weighted by molar-refractivity contribution is -0.137. The Balaban J connectivity index is 1.53. The summed E-state index contributed by atoms with van der Waals surface area (Å²) in [6.45, 7) is 2.44. The topological polar surface area (TPSA) is 60.0 Å². The first-order chi connectivity index (χ1) is 12.2. The number of hydrogen-bond acceptors (Lipinski definition) is 5. The number of hydrogen-bond donors (Lipinski definition) is 1. The summed E-state index contributed by atoms with van der Waals surface area (Å²) in [4.78, 5) is 14.2. The average molecular weight is 348 g/mol. The fourth-order valence-electron chi connectivity index (χ4n) is 3.14. The molecule has 138 valence electrons. The van der Waals surface area contributed by atoms with Crippen molar-refractivity contribution in [1.29, 1.82) is 0 Å². The van der Waals surface area contributed by atoms with Crippen molar-refractivity contribution in [2.24, 2.45) is 5.92 Å². The minimum atomic E-state index is 0.0929. The van der Waals surface area contributed by atoms with E-state index in [2.05, 4.69) is 5.32 Å². The number of nitrogens with zero attached hydrogens (tertiary/aromatic N) is 1. The zero-order valence-corrected chi connectivity index (χ0v) is 15.1. The summed E-state index contributed by atoms with van der Waals surface area (Å²) < 4.78 is 16.2. The normalized spacial score (nSPS) is 20.2. The van der Waals surface area contributed by atoms with Crippen LogP contribution in [-0.2, 0) is 9.53 Å². The molecule has 1 amide bonds. The molecule has 1 heterocycles. The lowest BCUT2D eigenvalue weighted by Crippen LogP contribution is -2.46. The molecule has 2 fully saturated rings. The van der Waals surface area contributed by atoms with Gasteiger partial charge in [0.1, 0.15) is 18.1 Å². The van der Waals surface area contributed by atoms with Crippen LogP contribution in [0.1, 0.15) is 25.7 Å². The molecule has 1 unspecified atom stereocenters. The summed E-state index contributed by atoms with van der Waals surface area (Å²) in [6.07, 6.45) is 4.52. The number of carbonyl (C=O) groups is 1. The number of anilines is 1. The SMILES string of the molecule is COc1cc(NC2CCCN(C(=O)COCC3CC3)C2)cc(OC)c1. The predicted octanol–water partition coefficient (Wildman–Crippen LogP) is 2.53. The van der Waals surface area contributed by atoms with E-state index in [1.807, 2.05) is 23.1 Å². The van der Waals surface area contributed by atoms with E-state index in [1.54, 1.807) is 14.2 Å². The molecule has 6 nitrogen and oxygen atoms in total. The van der Waals surface area contributed by atoms with Crippen molar-refractivity contribution in [2.75, 3.05) is 45.8 Å². The number of methoxy groups -OCH3 is 2. The molecule has 1 N–H and O–H groups in total. The van der Waals surface area contributed by atoms with E-state index in [-0.39, 0.29) is 18.6 Å². The van der Waals surface area contributed by atoms with Gasteiger partial charge in [0.15, 0.2) is 0 Å². The van der Waals surface area contributed by atoms with Crippen LogP contribution in [0, 0.1) is 5.92 Å². The maximum atomic E-state index is 12.3. The van der Waals surface area contributed by atoms with Gasteiger partial charge in [0, 0.05) is 43.0 Å². The fourth-order valence-corrected chi connectivity index (χ4v) is 3.14. The Kier molecular flexibility index (Phi) is 6.02. The molecular weight excluding hydrogens is 320 g/mol. The first kappa shape index (κ1) is 17.9. The molecule has 3 rings (SSSR count). The first-order valence-electron chi connectivity index (χ1n) is 9.03. The Labute approximate surface area is 149 Å². The van der Waals surface area contributed by atoms with Crippen LogP contribution in [0.2, 0.25) is 0 Å². The summed E-state index contributed by atoms with van der Waals surface area (Å²) in [5.74, 6) is 2.28. The second-order valence-corrected chi connectivity index (χ2v) is 6.88. The molecule has 1 aliphatic carbocycles. The molecule has 0 spiro atoms. The predicted molar refractivity (Wildman–Crippen MR) is 96.3 cm³/mol. The maximum Gasteiger partial charge on any atom is 0.248 e. The van der Waals surface area contributed by atoms with Crippen molar-refractivity contribution in [3.63, 3.8) is 0 Å². The molecule has 0 bridgehead atoms. The Hall–Kier alpha value is -1.95. The van der Waals surface area contributed by atoms with Gasteiger partial charge >= 0.3 is 0 Å². The van der Waals surface area contributed by atoms with E-state index in [4.69, 9.17) is 14.2 Å². The van der Waals surface area contributed by atoms with Crippen LogP contribution in [0.15, 0.2) is 18.2 Å². The van der Waals surface area contributed by atoms with Gasteiger partial charge in [-0.15, -0.1) is 0 Å². The summed E-state index contributed by atoms with van der Waals surface area (Å²) in [7, 11) is 3.28. The highest BCUT2D eigenvalue weighted by Gasteiger charge is 2.25. The standard InChI is InChI=1S/C19H28N2O4/c1-23-17-8-16(9-18(10-17)24-2)20-15-4-3-7-21(11-15)19(22)13-25-12-14-5-6-14/h8-10,14-15,20H,3-7,11-13H2,1-2H3.